The van der Waals surface area contributed by atoms with Crippen molar-refractivity contribution >= 4 is 32.8 Å². The maximum atomic E-state index is 12.0. The number of carbonyl (C=O) groups is 1. The number of hydrogen-bond acceptors (Lipinski definition) is 4. The molecule has 2 aromatic carbocycles. The number of primary sulfonamides is 1. The Kier molecular flexibility index (Phi) is 4.43. The summed E-state index contributed by atoms with van der Waals surface area (Å²) in [6.07, 6.45) is 0. The van der Waals surface area contributed by atoms with Gasteiger partial charge in [0.1, 0.15) is 5.82 Å². The van der Waals surface area contributed by atoms with Crippen LogP contribution >= 0.6 is 0 Å². The summed E-state index contributed by atoms with van der Waals surface area (Å²) in [7, 11) is -1.87. The summed E-state index contributed by atoms with van der Waals surface area (Å²) >= 11 is 0. The normalized spacial score (nSPS) is 11.4. The SMILES string of the molecule is Cn1c(CNC(=O)Nc2ccc(S(N)(=O)=O)cc2)nc2ccccc21. The van der Waals surface area contributed by atoms with E-state index in [-0.39, 0.29) is 11.4 Å². The van der Waals surface area contributed by atoms with Crippen LogP contribution in [-0.2, 0) is 23.6 Å². The third-order valence-corrected chi connectivity index (χ3v) is 4.66. The van der Waals surface area contributed by atoms with Crippen molar-refractivity contribution in [2.45, 2.75) is 11.4 Å². The molecule has 0 saturated carbocycles. The molecule has 2 amide bonds. The van der Waals surface area contributed by atoms with E-state index in [1.54, 1.807) is 0 Å². The molecular formula is C16H17N5O3S. The molecule has 1 heterocycles. The second kappa shape index (κ2) is 6.54. The Morgan fingerprint density at radius 3 is 2.48 bits per heavy atom. The van der Waals surface area contributed by atoms with Crippen molar-refractivity contribution in [3.8, 4) is 0 Å². The van der Waals surface area contributed by atoms with E-state index in [9.17, 15) is 13.2 Å². The number of carbonyl (C=O) groups excluding carboxylic acids is 1. The van der Waals surface area contributed by atoms with Gasteiger partial charge < -0.3 is 15.2 Å². The van der Waals surface area contributed by atoms with Crippen LogP contribution in [-0.4, -0.2) is 24.0 Å². The van der Waals surface area contributed by atoms with Gasteiger partial charge in [0.2, 0.25) is 10.0 Å². The molecule has 8 nitrogen and oxygen atoms in total. The lowest BCUT2D eigenvalue weighted by Crippen LogP contribution is -2.29. The van der Waals surface area contributed by atoms with Gasteiger partial charge in [-0.25, -0.2) is 23.3 Å². The first-order chi connectivity index (χ1) is 11.8. The van der Waals surface area contributed by atoms with E-state index < -0.39 is 16.1 Å². The van der Waals surface area contributed by atoms with Crippen molar-refractivity contribution in [2.24, 2.45) is 12.2 Å². The minimum absolute atomic E-state index is 0.0156. The van der Waals surface area contributed by atoms with Gasteiger partial charge in [0.05, 0.1) is 22.5 Å². The first-order valence-corrected chi connectivity index (χ1v) is 8.97. The number of hydrogen-bond donors (Lipinski definition) is 3. The Morgan fingerprint density at radius 2 is 1.84 bits per heavy atom. The van der Waals surface area contributed by atoms with Crippen molar-refractivity contribution in [2.75, 3.05) is 5.32 Å². The lowest BCUT2D eigenvalue weighted by atomic mass is 10.3. The highest BCUT2D eigenvalue weighted by Crippen LogP contribution is 2.14. The fourth-order valence-electron chi connectivity index (χ4n) is 2.42. The molecule has 0 saturated heterocycles. The van der Waals surface area contributed by atoms with E-state index >= 15 is 0 Å². The van der Waals surface area contributed by atoms with E-state index in [0.717, 1.165) is 16.9 Å². The maximum Gasteiger partial charge on any atom is 0.319 e. The minimum atomic E-state index is -3.75. The zero-order valence-electron chi connectivity index (χ0n) is 13.4. The van der Waals surface area contributed by atoms with E-state index in [1.165, 1.54) is 24.3 Å². The Bertz CT molecular complexity index is 1030. The summed E-state index contributed by atoms with van der Waals surface area (Å²) in [5.74, 6) is 0.723. The average molecular weight is 359 g/mol. The summed E-state index contributed by atoms with van der Waals surface area (Å²) in [6, 6.07) is 12.9. The number of nitrogens with zero attached hydrogens (tertiary/aromatic N) is 2. The first-order valence-electron chi connectivity index (χ1n) is 7.42. The number of rotatable bonds is 4. The molecule has 0 radical (unpaired) electrons. The Labute approximate surface area is 144 Å². The molecule has 0 atom stereocenters. The number of aryl methyl sites for hydroxylation is 1. The molecule has 0 aliphatic heterocycles. The fourth-order valence-corrected chi connectivity index (χ4v) is 2.93. The Morgan fingerprint density at radius 1 is 1.16 bits per heavy atom. The van der Waals surface area contributed by atoms with E-state index in [2.05, 4.69) is 15.6 Å². The number of anilines is 1. The predicted molar refractivity (Wildman–Crippen MR) is 94.4 cm³/mol. The molecule has 0 spiro atoms. The van der Waals surface area contributed by atoms with E-state index in [1.807, 2.05) is 35.9 Å². The highest BCUT2D eigenvalue weighted by atomic mass is 32.2. The van der Waals surface area contributed by atoms with Crippen LogP contribution in [0.5, 0.6) is 0 Å². The molecule has 0 bridgehead atoms. The van der Waals surface area contributed by atoms with E-state index in [4.69, 9.17) is 5.14 Å². The van der Waals surface area contributed by atoms with Crippen molar-refractivity contribution in [1.82, 2.24) is 14.9 Å². The molecule has 0 unspecified atom stereocenters. The summed E-state index contributed by atoms with van der Waals surface area (Å²) < 4.78 is 24.3. The second-order valence-corrected chi connectivity index (χ2v) is 7.01. The summed E-state index contributed by atoms with van der Waals surface area (Å²) in [5.41, 5.74) is 2.30. The van der Waals surface area contributed by atoms with Gasteiger partial charge in [0, 0.05) is 12.7 Å². The minimum Gasteiger partial charge on any atom is -0.331 e. The third kappa shape index (κ3) is 3.78. The fraction of sp³-hybridized carbons (Fsp3) is 0.125. The van der Waals surface area contributed by atoms with Gasteiger partial charge in [-0.2, -0.15) is 0 Å². The monoisotopic (exact) mass is 359 g/mol. The number of sulfonamides is 1. The highest BCUT2D eigenvalue weighted by molar-refractivity contribution is 7.89. The molecule has 4 N–H and O–H groups in total. The van der Waals surface area contributed by atoms with Crippen molar-refractivity contribution in [3.05, 3.63) is 54.4 Å². The topological polar surface area (TPSA) is 119 Å². The molecule has 130 valence electrons. The quantitative estimate of drug-likeness (QED) is 0.654. The van der Waals surface area contributed by atoms with Gasteiger partial charge in [-0.05, 0) is 36.4 Å². The summed E-state index contributed by atoms with van der Waals surface area (Å²) in [6.45, 7) is 0.256. The number of amides is 2. The lowest BCUT2D eigenvalue weighted by molar-refractivity contribution is 0.251. The van der Waals surface area contributed by atoms with Crippen molar-refractivity contribution in [3.63, 3.8) is 0 Å². The Hall–Kier alpha value is -2.91. The molecule has 0 aliphatic carbocycles. The molecule has 0 fully saturated rings. The zero-order chi connectivity index (χ0) is 18.0. The molecule has 25 heavy (non-hydrogen) atoms. The number of fused-ring (bicyclic) bond motifs is 1. The van der Waals surface area contributed by atoms with Gasteiger partial charge in [-0.15, -0.1) is 0 Å². The number of nitrogens with two attached hydrogens (primary N) is 1. The number of aromatic nitrogens is 2. The van der Waals surface area contributed by atoms with Gasteiger partial charge in [0.25, 0.3) is 0 Å². The maximum absolute atomic E-state index is 12.0. The molecule has 3 aromatic rings. The summed E-state index contributed by atoms with van der Waals surface area (Å²) in [5, 5.41) is 10.4. The van der Waals surface area contributed by atoms with Crippen molar-refractivity contribution < 1.29 is 13.2 Å². The zero-order valence-corrected chi connectivity index (χ0v) is 14.2. The molecule has 0 aliphatic rings. The largest absolute Gasteiger partial charge is 0.331 e. The second-order valence-electron chi connectivity index (χ2n) is 5.45. The Balaban J connectivity index is 1.63. The van der Waals surface area contributed by atoms with Crippen LogP contribution < -0.4 is 15.8 Å². The lowest BCUT2D eigenvalue weighted by Gasteiger charge is -2.08. The number of urea groups is 1. The van der Waals surface area contributed by atoms with Gasteiger partial charge in [-0.3, -0.25) is 0 Å². The molecule has 3 rings (SSSR count). The van der Waals surface area contributed by atoms with Gasteiger partial charge in [-0.1, -0.05) is 12.1 Å². The van der Waals surface area contributed by atoms with Crippen LogP contribution in [0.3, 0.4) is 0 Å². The van der Waals surface area contributed by atoms with Crippen LogP contribution in [0, 0.1) is 0 Å². The molecular weight excluding hydrogens is 342 g/mol. The molecule has 1 aromatic heterocycles. The number of benzene rings is 2. The highest BCUT2D eigenvalue weighted by Gasteiger charge is 2.10. The smallest absolute Gasteiger partial charge is 0.319 e. The number of imidazole rings is 1. The third-order valence-electron chi connectivity index (χ3n) is 3.73. The van der Waals surface area contributed by atoms with Crippen LogP contribution in [0.2, 0.25) is 0 Å². The van der Waals surface area contributed by atoms with E-state index in [0.29, 0.717) is 5.69 Å². The van der Waals surface area contributed by atoms with Crippen molar-refractivity contribution in [1.29, 1.82) is 0 Å². The predicted octanol–water partition coefficient (Wildman–Crippen LogP) is 1.54. The van der Waals surface area contributed by atoms with Crippen LogP contribution in [0.25, 0.3) is 11.0 Å². The first kappa shape index (κ1) is 16.9. The van der Waals surface area contributed by atoms with Crippen LogP contribution in [0.1, 0.15) is 5.82 Å². The molecule has 9 heteroatoms. The van der Waals surface area contributed by atoms with Crippen LogP contribution in [0.15, 0.2) is 53.4 Å². The van der Waals surface area contributed by atoms with Gasteiger partial charge in [0.15, 0.2) is 0 Å². The number of nitrogens with one attached hydrogen (secondary N) is 2. The van der Waals surface area contributed by atoms with Crippen LogP contribution in [0.4, 0.5) is 10.5 Å². The van der Waals surface area contributed by atoms with Gasteiger partial charge >= 0.3 is 6.03 Å². The average Bonchev–Trinajstić information content (AvgIpc) is 2.89. The number of para-hydroxylation sites is 2. The standard InChI is InChI=1S/C16H17N5O3S/c1-21-14-5-3-2-4-13(14)20-15(21)10-18-16(22)19-11-6-8-12(9-7-11)25(17,23)24/h2-9H,10H2,1H3,(H2,17,23,24)(H2,18,19,22). The summed E-state index contributed by atoms with van der Waals surface area (Å²) in [4.78, 5) is 16.4.